The van der Waals surface area contributed by atoms with Gasteiger partial charge in [0.1, 0.15) is 11.9 Å². The maximum Gasteiger partial charge on any atom is 0.328 e. The van der Waals surface area contributed by atoms with E-state index in [9.17, 15) is 14.0 Å². The van der Waals surface area contributed by atoms with E-state index in [1.54, 1.807) is 0 Å². The summed E-state index contributed by atoms with van der Waals surface area (Å²) in [6, 6.07) is 3.16. The van der Waals surface area contributed by atoms with Crippen molar-refractivity contribution in [2.24, 2.45) is 0 Å². The lowest BCUT2D eigenvalue weighted by Gasteiger charge is -2.15. The summed E-state index contributed by atoms with van der Waals surface area (Å²) in [7, 11) is 0. The summed E-state index contributed by atoms with van der Waals surface area (Å²) in [6.07, 6.45) is 0. The van der Waals surface area contributed by atoms with Crippen molar-refractivity contribution in [2.45, 2.75) is 13.0 Å². The Morgan fingerprint density at radius 1 is 1.50 bits per heavy atom. The van der Waals surface area contributed by atoms with Gasteiger partial charge >= 0.3 is 5.97 Å². The molecule has 3 N–H and O–H groups in total. The Morgan fingerprint density at radius 3 is 2.72 bits per heavy atom. The average molecular weight is 319 g/mol. The highest BCUT2D eigenvalue weighted by Gasteiger charge is 2.18. The molecule has 1 atom stereocenters. The number of amides is 1. The van der Waals surface area contributed by atoms with Gasteiger partial charge in [0.2, 0.25) is 5.91 Å². The van der Waals surface area contributed by atoms with Crippen LogP contribution in [0.2, 0.25) is 0 Å². The van der Waals surface area contributed by atoms with Crippen LogP contribution < -0.4 is 10.6 Å². The number of hydrogen-bond acceptors (Lipinski definition) is 3. The van der Waals surface area contributed by atoms with E-state index < -0.39 is 23.7 Å². The molecule has 1 aromatic carbocycles. The van der Waals surface area contributed by atoms with Crippen LogP contribution in [0.4, 0.5) is 10.1 Å². The quantitative estimate of drug-likeness (QED) is 0.770. The highest BCUT2D eigenvalue weighted by molar-refractivity contribution is 9.10. The zero-order valence-corrected chi connectivity index (χ0v) is 11.1. The lowest BCUT2D eigenvalue weighted by molar-refractivity contribution is -0.141. The molecule has 1 unspecified atom stereocenters. The second kappa shape index (κ2) is 6.34. The van der Waals surface area contributed by atoms with Gasteiger partial charge in [-0.2, -0.15) is 0 Å². The molecule has 5 nitrogen and oxygen atoms in total. The third kappa shape index (κ3) is 4.33. The summed E-state index contributed by atoms with van der Waals surface area (Å²) in [5.74, 6) is -2.14. The molecule has 7 heteroatoms. The number of carbonyl (C=O) groups is 2. The van der Waals surface area contributed by atoms with Gasteiger partial charge in [0.25, 0.3) is 0 Å². The highest BCUT2D eigenvalue weighted by Crippen LogP contribution is 2.19. The van der Waals surface area contributed by atoms with Crippen molar-refractivity contribution in [3.63, 3.8) is 0 Å². The van der Waals surface area contributed by atoms with E-state index in [0.717, 1.165) is 0 Å². The minimum atomic E-state index is -1.19. The summed E-state index contributed by atoms with van der Waals surface area (Å²) >= 11 is 3.18. The summed E-state index contributed by atoms with van der Waals surface area (Å²) in [5, 5.41) is 13.8. The van der Waals surface area contributed by atoms with E-state index in [1.807, 2.05) is 0 Å². The first-order valence-corrected chi connectivity index (χ1v) is 5.88. The van der Waals surface area contributed by atoms with Gasteiger partial charge in [-0.15, -0.1) is 0 Å². The minimum Gasteiger partial charge on any atom is -0.480 e. The van der Waals surface area contributed by atoms with Gasteiger partial charge in [-0.3, -0.25) is 4.79 Å². The predicted octanol–water partition coefficient (Wildman–Crippen LogP) is 1.59. The van der Waals surface area contributed by atoms with Crippen molar-refractivity contribution in [3.05, 3.63) is 28.5 Å². The standard InChI is InChI=1S/C11H12BrFN2O3/c1-6(16)15-10(11(17)18)5-14-9-4-7(12)2-3-8(9)13/h2-4,10,14H,5H2,1H3,(H,15,16)(H,17,18). The molecule has 1 rings (SSSR count). The van der Waals surface area contributed by atoms with Crippen molar-refractivity contribution in [1.82, 2.24) is 5.32 Å². The fourth-order valence-corrected chi connectivity index (χ4v) is 1.65. The molecule has 0 heterocycles. The van der Waals surface area contributed by atoms with E-state index in [0.29, 0.717) is 4.47 Å². The molecule has 0 aliphatic rings. The van der Waals surface area contributed by atoms with Crippen LogP contribution in [0.1, 0.15) is 6.92 Å². The van der Waals surface area contributed by atoms with Crippen LogP contribution in [0.3, 0.4) is 0 Å². The van der Waals surface area contributed by atoms with E-state index in [-0.39, 0.29) is 12.2 Å². The van der Waals surface area contributed by atoms with Crippen LogP contribution in [0.5, 0.6) is 0 Å². The van der Waals surface area contributed by atoms with E-state index in [2.05, 4.69) is 26.6 Å². The number of carboxylic acids is 1. The zero-order valence-electron chi connectivity index (χ0n) is 9.54. The molecule has 0 aliphatic carbocycles. The summed E-state index contributed by atoms with van der Waals surface area (Å²) in [6.45, 7) is 1.11. The number of benzene rings is 1. The lowest BCUT2D eigenvalue weighted by Crippen LogP contribution is -2.44. The third-order valence-corrected chi connectivity index (χ3v) is 2.59. The predicted molar refractivity (Wildman–Crippen MR) is 67.8 cm³/mol. The zero-order chi connectivity index (χ0) is 13.7. The van der Waals surface area contributed by atoms with Crippen LogP contribution in [0.15, 0.2) is 22.7 Å². The van der Waals surface area contributed by atoms with Crippen LogP contribution in [-0.4, -0.2) is 29.6 Å². The smallest absolute Gasteiger partial charge is 0.328 e. The third-order valence-electron chi connectivity index (χ3n) is 2.10. The maximum absolute atomic E-state index is 13.4. The topological polar surface area (TPSA) is 78.4 Å². The van der Waals surface area contributed by atoms with Crippen LogP contribution in [0, 0.1) is 5.82 Å². The second-order valence-electron chi connectivity index (χ2n) is 3.60. The van der Waals surface area contributed by atoms with Gasteiger partial charge in [0.05, 0.1) is 5.69 Å². The molecule has 0 aliphatic heterocycles. The molecular weight excluding hydrogens is 307 g/mol. The number of rotatable bonds is 5. The molecule has 0 aromatic heterocycles. The maximum atomic E-state index is 13.4. The number of carboxylic acid groups (broad SMARTS) is 1. The highest BCUT2D eigenvalue weighted by atomic mass is 79.9. The Hall–Kier alpha value is -1.63. The van der Waals surface area contributed by atoms with Crippen molar-refractivity contribution < 1.29 is 19.1 Å². The summed E-state index contributed by atoms with van der Waals surface area (Å²) in [4.78, 5) is 21.7. The molecule has 0 fully saturated rings. The molecule has 1 amide bonds. The normalized spacial score (nSPS) is 11.7. The van der Waals surface area contributed by atoms with E-state index >= 15 is 0 Å². The fraction of sp³-hybridized carbons (Fsp3) is 0.273. The number of anilines is 1. The van der Waals surface area contributed by atoms with Gasteiger partial charge < -0.3 is 15.7 Å². The number of halogens is 2. The van der Waals surface area contributed by atoms with Gasteiger partial charge in [0, 0.05) is 17.9 Å². The lowest BCUT2D eigenvalue weighted by atomic mass is 10.2. The molecule has 0 saturated heterocycles. The molecule has 0 saturated carbocycles. The van der Waals surface area contributed by atoms with Crippen molar-refractivity contribution in [1.29, 1.82) is 0 Å². The van der Waals surface area contributed by atoms with Crippen LogP contribution >= 0.6 is 15.9 Å². The second-order valence-corrected chi connectivity index (χ2v) is 4.51. The number of nitrogens with one attached hydrogen (secondary N) is 2. The Morgan fingerprint density at radius 2 is 2.17 bits per heavy atom. The molecule has 0 spiro atoms. The van der Waals surface area contributed by atoms with E-state index in [4.69, 9.17) is 5.11 Å². The van der Waals surface area contributed by atoms with Crippen molar-refractivity contribution >= 4 is 33.5 Å². The number of carbonyl (C=O) groups excluding carboxylic acids is 1. The van der Waals surface area contributed by atoms with Gasteiger partial charge in [-0.05, 0) is 18.2 Å². The van der Waals surface area contributed by atoms with Gasteiger partial charge in [0.15, 0.2) is 0 Å². The molecule has 98 valence electrons. The number of aliphatic carboxylic acids is 1. The Bertz CT molecular complexity index is 468. The molecule has 18 heavy (non-hydrogen) atoms. The monoisotopic (exact) mass is 318 g/mol. The average Bonchev–Trinajstić information content (AvgIpc) is 2.27. The SMILES string of the molecule is CC(=O)NC(CNc1cc(Br)ccc1F)C(=O)O. The summed E-state index contributed by atoms with van der Waals surface area (Å²) < 4.78 is 14.0. The summed E-state index contributed by atoms with van der Waals surface area (Å²) in [5.41, 5.74) is 0.168. The number of hydrogen-bond donors (Lipinski definition) is 3. The minimum absolute atomic E-state index is 0.109. The van der Waals surface area contributed by atoms with Crippen LogP contribution in [-0.2, 0) is 9.59 Å². The molecular formula is C11H12BrFN2O3. The Kier molecular flexibility index (Phi) is 5.08. The molecule has 0 radical (unpaired) electrons. The van der Waals surface area contributed by atoms with Crippen LogP contribution in [0.25, 0.3) is 0 Å². The van der Waals surface area contributed by atoms with E-state index in [1.165, 1.54) is 25.1 Å². The largest absolute Gasteiger partial charge is 0.480 e. The first-order valence-electron chi connectivity index (χ1n) is 5.09. The fourth-order valence-electron chi connectivity index (χ4n) is 1.29. The van der Waals surface area contributed by atoms with Gasteiger partial charge in [-0.25, -0.2) is 9.18 Å². The molecule has 0 bridgehead atoms. The van der Waals surface area contributed by atoms with Crippen molar-refractivity contribution in [2.75, 3.05) is 11.9 Å². The Labute approximate surface area is 112 Å². The molecule has 1 aromatic rings. The van der Waals surface area contributed by atoms with Gasteiger partial charge in [-0.1, -0.05) is 15.9 Å². The first-order chi connectivity index (χ1) is 8.40. The first kappa shape index (κ1) is 14.4. The van der Waals surface area contributed by atoms with Crippen molar-refractivity contribution in [3.8, 4) is 0 Å². The Balaban J connectivity index is 2.69.